The molecule has 5 nitrogen and oxygen atoms in total. The lowest BCUT2D eigenvalue weighted by Gasteiger charge is -2.11. The molecule has 0 radical (unpaired) electrons. The largest absolute Gasteiger partial charge is 0.497 e. The van der Waals surface area contributed by atoms with Gasteiger partial charge >= 0.3 is 5.97 Å². The van der Waals surface area contributed by atoms with E-state index in [-0.39, 0.29) is 11.5 Å². The van der Waals surface area contributed by atoms with Gasteiger partial charge in [0, 0.05) is 6.42 Å². The van der Waals surface area contributed by atoms with Crippen molar-refractivity contribution < 1.29 is 19.1 Å². The summed E-state index contributed by atoms with van der Waals surface area (Å²) >= 11 is 0. The summed E-state index contributed by atoms with van der Waals surface area (Å²) < 4.78 is 9.86. The molecule has 2 aromatic rings. The second-order valence-corrected chi connectivity index (χ2v) is 5.44. The van der Waals surface area contributed by atoms with Gasteiger partial charge in [0.25, 0.3) is 0 Å². The molecule has 24 heavy (non-hydrogen) atoms. The molecule has 0 bridgehead atoms. The molecule has 0 saturated carbocycles. The zero-order valence-corrected chi connectivity index (χ0v) is 14.1. The van der Waals surface area contributed by atoms with E-state index < -0.39 is 5.97 Å². The predicted octanol–water partition coefficient (Wildman–Crippen LogP) is 3.36. The first-order valence-corrected chi connectivity index (χ1v) is 7.65. The molecule has 1 N–H and O–H groups in total. The molecule has 2 aromatic carbocycles. The molecule has 0 aliphatic carbocycles. The predicted molar refractivity (Wildman–Crippen MR) is 92.5 cm³/mol. The van der Waals surface area contributed by atoms with Crippen molar-refractivity contribution in [1.82, 2.24) is 0 Å². The van der Waals surface area contributed by atoms with E-state index in [4.69, 9.17) is 9.47 Å². The maximum absolute atomic E-state index is 12.2. The van der Waals surface area contributed by atoms with Crippen LogP contribution >= 0.6 is 0 Å². The molecular weight excluding hydrogens is 306 g/mol. The summed E-state index contributed by atoms with van der Waals surface area (Å²) in [7, 11) is 2.81. The molecular formula is C19H21NO4. The number of nitrogens with one attached hydrogen (secondary N) is 1. The highest BCUT2D eigenvalue weighted by molar-refractivity contribution is 6.01. The lowest BCUT2D eigenvalue weighted by Crippen LogP contribution is -2.16. The fourth-order valence-electron chi connectivity index (χ4n) is 2.38. The smallest absolute Gasteiger partial charge is 0.340 e. The molecule has 0 aliphatic rings. The van der Waals surface area contributed by atoms with Crippen LogP contribution in [0, 0.1) is 6.92 Å². The Labute approximate surface area is 141 Å². The minimum absolute atomic E-state index is 0.160. The Balaban J connectivity index is 2.06. The second-order valence-electron chi connectivity index (χ2n) is 5.44. The van der Waals surface area contributed by atoms with Crippen LogP contribution in [0.2, 0.25) is 0 Å². The van der Waals surface area contributed by atoms with Crippen molar-refractivity contribution in [2.45, 2.75) is 19.8 Å². The van der Waals surface area contributed by atoms with E-state index in [0.29, 0.717) is 24.3 Å². The number of rotatable bonds is 6. The quantitative estimate of drug-likeness (QED) is 0.826. The lowest BCUT2D eigenvalue weighted by molar-refractivity contribution is -0.116. The average molecular weight is 327 g/mol. The summed E-state index contributed by atoms with van der Waals surface area (Å²) in [5, 5.41) is 2.77. The minimum Gasteiger partial charge on any atom is -0.497 e. The Morgan fingerprint density at radius 1 is 1.08 bits per heavy atom. The highest BCUT2D eigenvalue weighted by atomic mass is 16.5. The molecule has 0 aromatic heterocycles. The lowest BCUT2D eigenvalue weighted by atomic mass is 10.1. The Morgan fingerprint density at radius 3 is 2.54 bits per heavy atom. The van der Waals surface area contributed by atoms with Gasteiger partial charge in [0.2, 0.25) is 5.91 Å². The van der Waals surface area contributed by atoms with Gasteiger partial charge in [0.05, 0.1) is 25.5 Å². The van der Waals surface area contributed by atoms with Gasteiger partial charge in [-0.2, -0.15) is 0 Å². The third-order valence-corrected chi connectivity index (χ3v) is 3.63. The van der Waals surface area contributed by atoms with Gasteiger partial charge in [-0.05, 0) is 37.1 Å². The molecule has 0 unspecified atom stereocenters. The SMILES string of the molecule is COC(=O)c1cc(OC)ccc1NC(=O)CCc1cccc(C)c1. The maximum Gasteiger partial charge on any atom is 0.340 e. The van der Waals surface area contributed by atoms with Gasteiger partial charge < -0.3 is 14.8 Å². The van der Waals surface area contributed by atoms with Crippen molar-refractivity contribution in [3.05, 3.63) is 59.2 Å². The molecule has 0 saturated heterocycles. The topological polar surface area (TPSA) is 64.6 Å². The van der Waals surface area contributed by atoms with Gasteiger partial charge in [0.1, 0.15) is 5.75 Å². The molecule has 126 valence electrons. The van der Waals surface area contributed by atoms with Gasteiger partial charge in [-0.15, -0.1) is 0 Å². The summed E-state index contributed by atoms with van der Waals surface area (Å²) in [5.41, 5.74) is 2.95. The molecule has 0 spiro atoms. The van der Waals surface area contributed by atoms with Crippen LogP contribution in [-0.2, 0) is 16.0 Å². The van der Waals surface area contributed by atoms with Crippen LogP contribution in [0.4, 0.5) is 5.69 Å². The van der Waals surface area contributed by atoms with Crippen LogP contribution in [0.5, 0.6) is 5.75 Å². The average Bonchev–Trinajstić information content (AvgIpc) is 2.59. The van der Waals surface area contributed by atoms with Gasteiger partial charge in [-0.3, -0.25) is 4.79 Å². The number of hydrogen-bond donors (Lipinski definition) is 1. The van der Waals surface area contributed by atoms with Crippen molar-refractivity contribution >= 4 is 17.6 Å². The molecule has 5 heteroatoms. The monoisotopic (exact) mass is 327 g/mol. The van der Waals surface area contributed by atoms with E-state index in [9.17, 15) is 9.59 Å². The highest BCUT2D eigenvalue weighted by Gasteiger charge is 2.15. The fraction of sp³-hybridized carbons (Fsp3) is 0.263. The first kappa shape index (κ1) is 17.5. The number of carbonyl (C=O) groups is 2. The number of benzene rings is 2. The highest BCUT2D eigenvalue weighted by Crippen LogP contribution is 2.23. The van der Waals surface area contributed by atoms with Crippen molar-refractivity contribution in [1.29, 1.82) is 0 Å². The molecule has 0 aliphatic heterocycles. The number of methoxy groups -OCH3 is 2. The maximum atomic E-state index is 12.2. The Morgan fingerprint density at radius 2 is 1.88 bits per heavy atom. The molecule has 0 fully saturated rings. The summed E-state index contributed by atoms with van der Waals surface area (Å²) in [5.74, 6) is -0.164. The van der Waals surface area contributed by atoms with Crippen molar-refractivity contribution in [3.63, 3.8) is 0 Å². The van der Waals surface area contributed by atoms with Crippen molar-refractivity contribution in [3.8, 4) is 5.75 Å². The summed E-state index contributed by atoms with van der Waals surface area (Å²) in [4.78, 5) is 24.1. The van der Waals surface area contributed by atoms with E-state index in [1.807, 2.05) is 25.1 Å². The van der Waals surface area contributed by atoms with E-state index in [1.165, 1.54) is 14.2 Å². The number of esters is 1. The standard InChI is InChI=1S/C19H21NO4/c1-13-5-4-6-14(11-13)7-10-18(21)20-17-9-8-15(23-2)12-16(17)19(22)24-3/h4-6,8-9,11-12H,7,10H2,1-3H3,(H,20,21). The number of hydrogen-bond acceptors (Lipinski definition) is 4. The summed E-state index contributed by atoms with van der Waals surface area (Å²) in [6.07, 6.45) is 0.966. The molecule has 0 heterocycles. The molecule has 1 amide bonds. The number of ether oxygens (including phenoxy) is 2. The first-order valence-electron chi connectivity index (χ1n) is 7.65. The third-order valence-electron chi connectivity index (χ3n) is 3.63. The van der Waals surface area contributed by atoms with Gasteiger partial charge in [-0.25, -0.2) is 4.79 Å². The van der Waals surface area contributed by atoms with Gasteiger partial charge in [0.15, 0.2) is 0 Å². The molecule has 0 atom stereocenters. The van der Waals surface area contributed by atoms with Crippen molar-refractivity contribution in [2.75, 3.05) is 19.5 Å². The number of aryl methyl sites for hydroxylation is 2. The van der Waals surface area contributed by atoms with Crippen LogP contribution in [0.1, 0.15) is 27.9 Å². The number of carbonyl (C=O) groups excluding carboxylic acids is 2. The number of amides is 1. The summed E-state index contributed by atoms with van der Waals surface area (Å²) in [6, 6.07) is 12.9. The zero-order chi connectivity index (χ0) is 17.5. The Hall–Kier alpha value is -2.82. The van der Waals surface area contributed by atoms with E-state index >= 15 is 0 Å². The van der Waals surface area contributed by atoms with Crippen LogP contribution in [0.25, 0.3) is 0 Å². The van der Waals surface area contributed by atoms with E-state index in [0.717, 1.165) is 11.1 Å². The van der Waals surface area contributed by atoms with Gasteiger partial charge in [-0.1, -0.05) is 29.8 Å². The van der Waals surface area contributed by atoms with E-state index in [2.05, 4.69) is 11.4 Å². The normalized spacial score (nSPS) is 10.1. The second kappa shape index (κ2) is 8.15. The zero-order valence-electron chi connectivity index (χ0n) is 14.1. The minimum atomic E-state index is -0.525. The van der Waals surface area contributed by atoms with E-state index in [1.54, 1.807) is 18.2 Å². The molecule has 2 rings (SSSR count). The Kier molecular flexibility index (Phi) is 5.95. The third kappa shape index (κ3) is 4.59. The van der Waals surface area contributed by atoms with Crippen LogP contribution in [-0.4, -0.2) is 26.1 Å². The van der Waals surface area contributed by atoms with Crippen molar-refractivity contribution in [2.24, 2.45) is 0 Å². The van der Waals surface area contributed by atoms with Crippen LogP contribution < -0.4 is 10.1 Å². The summed E-state index contributed by atoms with van der Waals surface area (Å²) in [6.45, 7) is 2.02. The Bertz CT molecular complexity index is 740. The first-order chi connectivity index (χ1) is 11.5. The van der Waals surface area contributed by atoms with Crippen LogP contribution in [0.3, 0.4) is 0 Å². The van der Waals surface area contributed by atoms with Crippen LogP contribution in [0.15, 0.2) is 42.5 Å². The fourth-order valence-corrected chi connectivity index (χ4v) is 2.38. The number of anilines is 1.